The van der Waals surface area contributed by atoms with Crippen LogP contribution >= 0.6 is 0 Å². The summed E-state index contributed by atoms with van der Waals surface area (Å²) >= 11 is 0. The molecule has 4 rings (SSSR count). The van der Waals surface area contributed by atoms with Crippen molar-refractivity contribution in [2.45, 2.75) is 25.7 Å². The number of hydrogen-bond donors (Lipinski definition) is 2. The maximum absolute atomic E-state index is 12.4. The number of carbonyl (C=O) groups excluding carboxylic acids is 1. The first-order chi connectivity index (χ1) is 13.2. The van der Waals surface area contributed by atoms with Crippen molar-refractivity contribution in [1.29, 1.82) is 0 Å². The van der Waals surface area contributed by atoms with E-state index >= 15 is 0 Å². The molecule has 2 heterocycles. The summed E-state index contributed by atoms with van der Waals surface area (Å²) in [4.78, 5) is 22.2. The van der Waals surface area contributed by atoms with E-state index in [0.717, 1.165) is 47.7 Å². The van der Waals surface area contributed by atoms with Crippen molar-refractivity contribution in [3.8, 4) is 5.75 Å². The first-order valence-corrected chi connectivity index (χ1v) is 9.46. The molecule has 27 heavy (non-hydrogen) atoms. The van der Waals surface area contributed by atoms with Crippen LogP contribution in [0.5, 0.6) is 5.75 Å². The number of nitrogens with zero attached hydrogens (tertiary/aromatic N) is 2. The zero-order chi connectivity index (χ0) is 18.6. The van der Waals surface area contributed by atoms with Gasteiger partial charge in [-0.25, -0.2) is 9.78 Å². The number of H-pyrrole nitrogens is 1. The maximum atomic E-state index is 12.4. The van der Waals surface area contributed by atoms with E-state index in [9.17, 15) is 4.79 Å². The lowest BCUT2D eigenvalue weighted by Crippen LogP contribution is -2.50. The van der Waals surface area contributed by atoms with Crippen molar-refractivity contribution < 1.29 is 9.53 Å². The van der Waals surface area contributed by atoms with Crippen LogP contribution in [-0.4, -0.2) is 40.6 Å². The van der Waals surface area contributed by atoms with Crippen LogP contribution in [-0.2, 0) is 0 Å². The van der Waals surface area contributed by atoms with Gasteiger partial charge in [0.15, 0.2) is 0 Å². The van der Waals surface area contributed by atoms with Crippen molar-refractivity contribution in [1.82, 2.24) is 14.9 Å². The van der Waals surface area contributed by atoms with Crippen LogP contribution in [0.15, 0.2) is 48.5 Å². The Kier molecular flexibility index (Phi) is 4.96. The monoisotopic (exact) mass is 364 g/mol. The van der Waals surface area contributed by atoms with Gasteiger partial charge < -0.3 is 19.9 Å². The van der Waals surface area contributed by atoms with Gasteiger partial charge in [-0.1, -0.05) is 25.5 Å². The van der Waals surface area contributed by atoms with Gasteiger partial charge in [0.05, 0.1) is 23.6 Å². The Balaban J connectivity index is 1.28. The lowest BCUT2D eigenvalue weighted by Gasteiger charge is -2.37. The third-order valence-corrected chi connectivity index (χ3v) is 4.84. The number of ether oxygens (including phenoxy) is 1. The van der Waals surface area contributed by atoms with Crippen LogP contribution in [0, 0.1) is 0 Å². The Hall–Kier alpha value is -3.02. The quantitative estimate of drug-likeness (QED) is 0.638. The zero-order valence-electron chi connectivity index (χ0n) is 15.4. The van der Waals surface area contributed by atoms with Gasteiger partial charge in [-0.2, -0.15) is 0 Å². The van der Waals surface area contributed by atoms with Crippen LogP contribution in [0.3, 0.4) is 0 Å². The van der Waals surface area contributed by atoms with Gasteiger partial charge in [-0.3, -0.25) is 0 Å². The Labute approximate surface area is 158 Å². The number of urea groups is 1. The molecule has 0 aliphatic carbocycles. The molecule has 0 unspecified atom stereocenters. The van der Waals surface area contributed by atoms with E-state index in [-0.39, 0.29) is 11.9 Å². The molecule has 1 fully saturated rings. The summed E-state index contributed by atoms with van der Waals surface area (Å²) in [5, 5.41) is 2.94. The van der Waals surface area contributed by atoms with Gasteiger partial charge in [0.25, 0.3) is 0 Å². The molecule has 1 aliphatic rings. The fourth-order valence-corrected chi connectivity index (χ4v) is 3.15. The van der Waals surface area contributed by atoms with Crippen LogP contribution in [0.1, 0.15) is 31.5 Å². The highest BCUT2D eigenvalue weighted by atomic mass is 16.5. The topological polar surface area (TPSA) is 70.2 Å². The van der Waals surface area contributed by atoms with E-state index < -0.39 is 0 Å². The summed E-state index contributed by atoms with van der Waals surface area (Å²) in [5.41, 5.74) is 2.78. The number of amides is 2. The second-order valence-corrected chi connectivity index (χ2v) is 6.90. The molecule has 0 spiro atoms. The largest absolute Gasteiger partial charge is 0.494 e. The van der Waals surface area contributed by atoms with Gasteiger partial charge >= 0.3 is 6.03 Å². The summed E-state index contributed by atoms with van der Waals surface area (Å²) in [5.74, 6) is 2.04. The third kappa shape index (κ3) is 3.89. The lowest BCUT2D eigenvalue weighted by molar-refractivity contribution is 0.161. The number of carbonyl (C=O) groups is 1. The SMILES string of the molecule is CCCCOc1ccc(NC(=O)N2CC(c3nc4ccccc4[nH]3)C2)cc1. The predicted octanol–water partition coefficient (Wildman–Crippen LogP) is 4.37. The number of fused-ring (bicyclic) bond motifs is 1. The smallest absolute Gasteiger partial charge is 0.321 e. The van der Waals surface area contributed by atoms with Gasteiger partial charge in [0.2, 0.25) is 0 Å². The second kappa shape index (κ2) is 7.70. The van der Waals surface area contributed by atoms with E-state index in [1.54, 1.807) is 4.90 Å². The molecular formula is C21H24N4O2. The van der Waals surface area contributed by atoms with E-state index in [2.05, 4.69) is 22.2 Å². The van der Waals surface area contributed by atoms with Crippen molar-refractivity contribution in [2.75, 3.05) is 25.0 Å². The van der Waals surface area contributed by atoms with Crippen molar-refractivity contribution >= 4 is 22.8 Å². The van der Waals surface area contributed by atoms with E-state index in [0.29, 0.717) is 13.1 Å². The molecular weight excluding hydrogens is 340 g/mol. The van der Waals surface area contributed by atoms with Crippen LogP contribution in [0.4, 0.5) is 10.5 Å². The standard InChI is InChI=1S/C21H24N4O2/c1-2-3-12-27-17-10-8-16(9-11-17)22-21(26)25-13-15(14-25)20-23-18-6-4-5-7-19(18)24-20/h4-11,15H,2-3,12-14H2,1H3,(H,22,26)(H,23,24). The zero-order valence-corrected chi connectivity index (χ0v) is 15.4. The number of unbranched alkanes of at least 4 members (excludes halogenated alkanes) is 1. The summed E-state index contributed by atoms with van der Waals surface area (Å²) in [6.45, 7) is 4.20. The van der Waals surface area contributed by atoms with Gasteiger partial charge in [0, 0.05) is 18.8 Å². The molecule has 6 nitrogen and oxygen atoms in total. The Morgan fingerprint density at radius 3 is 2.74 bits per heavy atom. The van der Waals surface area contributed by atoms with E-state index in [4.69, 9.17) is 4.74 Å². The fraction of sp³-hybridized carbons (Fsp3) is 0.333. The Bertz CT molecular complexity index is 880. The summed E-state index contributed by atoms with van der Waals surface area (Å²) in [7, 11) is 0. The molecule has 2 N–H and O–H groups in total. The Morgan fingerprint density at radius 1 is 1.22 bits per heavy atom. The average molecular weight is 364 g/mol. The van der Waals surface area contributed by atoms with E-state index in [1.165, 1.54) is 0 Å². The highest BCUT2D eigenvalue weighted by Crippen LogP contribution is 2.27. The average Bonchev–Trinajstić information content (AvgIpc) is 3.05. The number of hydrogen-bond acceptors (Lipinski definition) is 3. The van der Waals surface area contributed by atoms with Gasteiger partial charge in [-0.15, -0.1) is 0 Å². The highest BCUT2D eigenvalue weighted by molar-refractivity contribution is 5.90. The van der Waals surface area contributed by atoms with Gasteiger partial charge in [-0.05, 0) is 42.8 Å². The lowest BCUT2D eigenvalue weighted by atomic mass is 10.0. The summed E-state index contributed by atoms with van der Waals surface area (Å²) < 4.78 is 5.64. The predicted molar refractivity (Wildman–Crippen MR) is 106 cm³/mol. The van der Waals surface area contributed by atoms with Crippen LogP contribution in [0.2, 0.25) is 0 Å². The minimum atomic E-state index is -0.0815. The Morgan fingerprint density at radius 2 is 2.00 bits per heavy atom. The molecule has 6 heteroatoms. The molecule has 2 amide bonds. The molecule has 140 valence electrons. The number of likely N-dealkylation sites (tertiary alicyclic amines) is 1. The number of nitrogens with one attached hydrogen (secondary N) is 2. The number of anilines is 1. The number of aromatic nitrogens is 2. The number of para-hydroxylation sites is 2. The van der Waals surface area contributed by atoms with Crippen molar-refractivity contribution in [2.24, 2.45) is 0 Å². The second-order valence-electron chi connectivity index (χ2n) is 6.90. The van der Waals surface area contributed by atoms with Crippen LogP contribution in [0.25, 0.3) is 11.0 Å². The number of benzene rings is 2. The minimum absolute atomic E-state index is 0.0815. The summed E-state index contributed by atoms with van der Waals surface area (Å²) in [6.07, 6.45) is 2.15. The maximum Gasteiger partial charge on any atom is 0.321 e. The van der Waals surface area contributed by atoms with Crippen LogP contribution < -0.4 is 10.1 Å². The molecule has 3 aromatic rings. The minimum Gasteiger partial charge on any atom is -0.494 e. The van der Waals surface area contributed by atoms with E-state index in [1.807, 2.05) is 48.5 Å². The van der Waals surface area contributed by atoms with Crippen molar-refractivity contribution in [3.63, 3.8) is 0 Å². The summed E-state index contributed by atoms with van der Waals surface area (Å²) in [6, 6.07) is 15.4. The van der Waals surface area contributed by atoms with Gasteiger partial charge in [0.1, 0.15) is 11.6 Å². The third-order valence-electron chi connectivity index (χ3n) is 4.84. The highest BCUT2D eigenvalue weighted by Gasteiger charge is 2.33. The molecule has 0 atom stereocenters. The number of rotatable bonds is 6. The first kappa shape index (κ1) is 17.4. The molecule has 1 saturated heterocycles. The number of imidazole rings is 1. The molecule has 0 radical (unpaired) electrons. The molecule has 1 aliphatic heterocycles. The van der Waals surface area contributed by atoms with Crippen molar-refractivity contribution in [3.05, 3.63) is 54.4 Å². The fourth-order valence-electron chi connectivity index (χ4n) is 3.15. The molecule has 2 aromatic carbocycles. The molecule has 0 bridgehead atoms. The normalized spacial score (nSPS) is 14.2. The molecule has 1 aromatic heterocycles. The number of aromatic amines is 1. The molecule has 0 saturated carbocycles. The first-order valence-electron chi connectivity index (χ1n) is 9.46.